The third-order valence-corrected chi connectivity index (χ3v) is 4.17. The first kappa shape index (κ1) is 15.3. The van der Waals surface area contributed by atoms with Crippen molar-refractivity contribution in [2.45, 2.75) is 19.3 Å². The van der Waals surface area contributed by atoms with Gasteiger partial charge in [-0.1, -0.05) is 18.2 Å². The average Bonchev–Trinajstić information content (AvgIpc) is 3.23. The number of likely N-dealkylation sites (tertiary alicyclic amines) is 1. The second-order valence-electron chi connectivity index (χ2n) is 5.79. The molecule has 1 atom stereocenters. The van der Waals surface area contributed by atoms with E-state index in [1.165, 1.54) is 0 Å². The molecule has 1 aliphatic heterocycles. The maximum Gasteiger partial charge on any atom is 0.308 e. The van der Waals surface area contributed by atoms with Gasteiger partial charge in [0.15, 0.2) is 0 Å². The lowest BCUT2D eigenvalue weighted by atomic mass is 10.1. The van der Waals surface area contributed by atoms with Crippen LogP contribution in [0.15, 0.2) is 42.7 Å². The first-order chi connectivity index (χ1) is 11.1. The van der Waals surface area contributed by atoms with Gasteiger partial charge >= 0.3 is 5.97 Å². The molecule has 6 nitrogen and oxygen atoms in total. The van der Waals surface area contributed by atoms with Crippen LogP contribution in [0.3, 0.4) is 0 Å². The van der Waals surface area contributed by atoms with Gasteiger partial charge < -0.3 is 10.0 Å². The number of amides is 1. The van der Waals surface area contributed by atoms with Crippen LogP contribution < -0.4 is 0 Å². The quantitative estimate of drug-likeness (QED) is 0.912. The van der Waals surface area contributed by atoms with Crippen LogP contribution in [0.1, 0.15) is 18.4 Å². The van der Waals surface area contributed by atoms with E-state index >= 15 is 0 Å². The number of benzene rings is 1. The fourth-order valence-corrected chi connectivity index (χ4v) is 2.81. The van der Waals surface area contributed by atoms with Gasteiger partial charge in [0.25, 0.3) is 0 Å². The molecule has 2 aromatic rings. The summed E-state index contributed by atoms with van der Waals surface area (Å²) in [6.45, 7) is 0.872. The van der Waals surface area contributed by atoms with E-state index in [9.17, 15) is 9.59 Å². The Morgan fingerprint density at radius 3 is 2.74 bits per heavy atom. The molecular weight excluding hydrogens is 294 g/mol. The van der Waals surface area contributed by atoms with Crippen molar-refractivity contribution in [1.29, 1.82) is 0 Å². The number of aromatic nitrogens is 2. The molecule has 23 heavy (non-hydrogen) atoms. The van der Waals surface area contributed by atoms with Crippen molar-refractivity contribution in [2.24, 2.45) is 5.92 Å². The second-order valence-corrected chi connectivity index (χ2v) is 5.79. The highest BCUT2D eigenvalue weighted by Crippen LogP contribution is 2.18. The zero-order chi connectivity index (χ0) is 16.2. The summed E-state index contributed by atoms with van der Waals surface area (Å²) in [5.41, 5.74) is 1.98. The molecule has 0 bridgehead atoms. The lowest BCUT2D eigenvalue weighted by molar-refractivity contribution is -0.141. The van der Waals surface area contributed by atoms with Gasteiger partial charge in [0.1, 0.15) is 0 Å². The minimum Gasteiger partial charge on any atom is -0.481 e. The zero-order valence-corrected chi connectivity index (χ0v) is 12.8. The van der Waals surface area contributed by atoms with Crippen molar-refractivity contribution in [3.8, 4) is 5.69 Å². The molecule has 1 N–H and O–H groups in total. The Kier molecular flexibility index (Phi) is 4.41. The predicted molar refractivity (Wildman–Crippen MR) is 84.2 cm³/mol. The molecule has 3 rings (SSSR count). The number of carboxylic acids is 1. The van der Waals surface area contributed by atoms with Crippen LogP contribution in [0.4, 0.5) is 0 Å². The molecule has 1 amide bonds. The number of carbonyl (C=O) groups is 2. The van der Waals surface area contributed by atoms with E-state index in [-0.39, 0.29) is 5.91 Å². The summed E-state index contributed by atoms with van der Waals surface area (Å²) in [6, 6.07) is 9.79. The molecule has 0 saturated carbocycles. The van der Waals surface area contributed by atoms with Crippen LogP contribution in [0, 0.1) is 5.92 Å². The highest BCUT2D eigenvalue weighted by Gasteiger charge is 2.30. The topological polar surface area (TPSA) is 75.4 Å². The molecular formula is C17H19N3O3. The van der Waals surface area contributed by atoms with Gasteiger partial charge in [-0.15, -0.1) is 0 Å². The number of carboxylic acid groups (broad SMARTS) is 1. The Morgan fingerprint density at radius 2 is 2.04 bits per heavy atom. The van der Waals surface area contributed by atoms with Crippen LogP contribution >= 0.6 is 0 Å². The minimum absolute atomic E-state index is 0.0150. The number of rotatable bonds is 5. The van der Waals surface area contributed by atoms with Gasteiger partial charge in [0.2, 0.25) is 5.91 Å². The van der Waals surface area contributed by atoms with Gasteiger partial charge in [0.05, 0.1) is 17.8 Å². The standard InChI is InChI=1S/C17H19N3O3/c21-16(19-9-8-14(12-19)17(22)23)7-6-13-10-18-20(11-13)15-4-2-1-3-5-15/h1-5,10-11,14H,6-9,12H2,(H,22,23)/t14-/m0/s1. The summed E-state index contributed by atoms with van der Waals surface area (Å²) in [5, 5.41) is 13.3. The molecule has 1 aromatic carbocycles. The van der Waals surface area contributed by atoms with E-state index in [1.807, 2.05) is 36.5 Å². The maximum absolute atomic E-state index is 12.2. The Balaban J connectivity index is 1.54. The van der Waals surface area contributed by atoms with Crippen molar-refractivity contribution >= 4 is 11.9 Å². The van der Waals surface area contributed by atoms with Crippen LogP contribution in [-0.4, -0.2) is 44.8 Å². The highest BCUT2D eigenvalue weighted by molar-refractivity contribution is 5.78. The number of hydrogen-bond donors (Lipinski definition) is 1. The highest BCUT2D eigenvalue weighted by atomic mass is 16.4. The van der Waals surface area contributed by atoms with Crippen molar-refractivity contribution in [1.82, 2.24) is 14.7 Å². The number of nitrogens with zero attached hydrogens (tertiary/aromatic N) is 3. The van der Waals surface area contributed by atoms with Crippen molar-refractivity contribution in [3.63, 3.8) is 0 Å². The summed E-state index contributed by atoms with van der Waals surface area (Å²) in [5.74, 6) is -1.22. The van der Waals surface area contributed by atoms with Crippen LogP contribution in [0.25, 0.3) is 5.69 Å². The predicted octanol–water partition coefficient (Wildman–Crippen LogP) is 1.74. The summed E-state index contributed by atoms with van der Waals surface area (Å²) < 4.78 is 1.79. The minimum atomic E-state index is -0.815. The normalized spacial score (nSPS) is 17.4. The molecule has 0 aliphatic carbocycles. The van der Waals surface area contributed by atoms with Crippen LogP contribution in [0.2, 0.25) is 0 Å². The molecule has 1 aromatic heterocycles. The lowest BCUT2D eigenvalue weighted by Gasteiger charge is -2.15. The molecule has 0 radical (unpaired) electrons. The fraction of sp³-hybridized carbons (Fsp3) is 0.353. The smallest absolute Gasteiger partial charge is 0.308 e. The zero-order valence-electron chi connectivity index (χ0n) is 12.8. The molecule has 0 unspecified atom stereocenters. The molecule has 1 fully saturated rings. The number of aryl methyl sites for hydroxylation is 1. The van der Waals surface area contributed by atoms with Gasteiger partial charge in [0, 0.05) is 25.7 Å². The first-order valence-corrected chi connectivity index (χ1v) is 7.73. The van der Waals surface area contributed by atoms with Crippen LogP contribution in [-0.2, 0) is 16.0 Å². The van der Waals surface area contributed by atoms with Crippen molar-refractivity contribution in [2.75, 3.05) is 13.1 Å². The summed E-state index contributed by atoms with van der Waals surface area (Å²) in [4.78, 5) is 24.8. The SMILES string of the molecule is O=C(O)[C@H]1CCN(C(=O)CCc2cnn(-c3ccccc3)c2)C1. The number of carbonyl (C=O) groups excluding carboxylic acids is 1. The molecule has 1 aliphatic rings. The lowest BCUT2D eigenvalue weighted by Crippen LogP contribution is -2.30. The van der Waals surface area contributed by atoms with E-state index in [0.29, 0.717) is 32.4 Å². The Morgan fingerprint density at radius 1 is 1.26 bits per heavy atom. The van der Waals surface area contributed by atoms with Gasteiger partial charge in [-0.05, 0) is 30.5 Å². The van der Waals surface area contributed by atoms with E-state index in [4.69, 9.17) is 5.11 Å². The third-order valence-electron chi connectivity index (χ3n) is 4.17. The average molecular weight is 313 g/mol. The van der Waals surface area contributed by atoms with E-state index < -0.39 is 11.9 Å². The van der Waals surface area contributed by atoms with E-state index in [1.54, 1.807) is 15.8 Å². The number of aliphatic carboxylic acids is 1. The van der Waals surface area contributed by atoms with E-state index in [2.05, 4.69) is 5.10 Å². The molecule has 2 heterocycles. The van der Waals surface area contributed by atoms with Crippen LogP contribution in [0.5, 0.6) is 0 Å². The fourth-order valence-electron chi connectivity index (χ4n) is 2.81. The largest absolute Gasteiger partial charge is 0.481 e. The first-order valence-electron chi connectivity index (χ1n) is 7.73. The van der Waals surface area contributed by atoms with Crippen molar-refractivity contribution < 1.29 is 14.7 Å². The van der Waals surface area contributed by atoms with Gasteiger partial charge in [-0.25, -0.2) is 4.68 Å². The molecule has 6 heteroatoms. The van der Waals surface area contributed by atoms with Gasteiger partial charge in [-0.2, -0.15) is 5.10 Å². The van der Waals surface area contributed by atoms with E-state index in [0.717, 1.165) is 11.3 Å². The summed E-state index contributed by atoms with van der Waals surface area (Å²) >= 11 is 0. The third kappa shape index (κ3) is 3.59. The maximum atomic E-state index is 12.2. The summed E-state index contributed by atoms with van der Waals surface area (Å²) in [6.07, 6.45) is 5.23. The van der Waals surface area contributed by atoms with Crippen molar-refractivity contribution in [3.05, 3.63) is 48.3 Å². The Hall–Kier alpha value is -2.63. The Bertz CT molecular complexity index is 696. The molecule has 120 valence electrons. The molecule has 0 spiro atoms. The monoisotopic (exact) mass is 313 g/mol. The van der Waals surface area contributed by atoms with Gasteiger partial charge in [-0.3, -0.25) is 9.59 Å². The Labute approximate surface area is 134 Å². The summed E-state index contributed by atoms with van der Waals surface area (Å²) in [7, 11) is 0. The second kappa shape index (κ2) is 6.64. The molecule has 1 saturated heterocycles. The number of para-hydroxylation sites is 1. The number of hydrogen-bond acceptors (Lipinski definition) is 3.